The van der Waals surface area contributed by atoms with Crippen LogP contribution in [0.2, 0.25) is 0 Å². The van der Waals surface area contributed by atoms with Crippen LogP contribution in [0.15, 0.2) is 93.6 Å². The normalized spacial score (nSPS) is 11.3. The highest BCUT2D eigenvalue weighted by molar-refractivity contribution is 8.76. The fraction of sp³-hybridized carbons (Fsp3) is 0.0714. The van der Waals surface area contributed by atoms with Gasteiger partial charge in [-0.25, -0.2) is 0 Å². The Morgan fingerprint density at radius 2 is 1.05 bits per heavy atom. The number of hydrogen-bond donors (Lipinski definition) is 2. The molecule has 6 rings (SSSR count). The van der Waals surface area contributed by atoms with Crippen LogP contribution in [-0.2, 0) is 14.1 Å². The Hall–Kier alpha value is -3.44. The van der Waals surface area contributed by atoms with Crippen LogP contribution in [0, 0.1) is 0 Å². The van der Waals surface area contributed by atoms with Crippen molar-refractivity contribution in [1.29, 1.82) is 0 Å². The molecular formula is C28H22N4O2S4. The molecule has 2 amide bonds. The van der Waals surface area contributed by atoms with Gasteiger partial charge in [-0.2, -0.15) is 0 Å². The molecule has 0 unspecified atom stereocenters. The number of nitrogens with one attached hydrogen (secondary N) is 2. The SMILES string of the molecule is Cn1c(SSc2c(C(=O)Nc3cccs3)c3ccccc3n2C)c(C(=O)Nc2cccs2)c2ccccc21. The number of hydrogen-bond acceptors (Lipinski definition) is 6. The zero-order valence-electron chi connectivity index (χ0n) is 20.4. The highest BCUT2D eigenvalue weighted by atomic mass is 33.1. The minimum atomic E-state index is -0.153. The highest BCUT2D eigenvalue weighted by Gasteiger charge is 2.26. The van der Waals surface area contributed by atoms with Gasteiger partial charge in [0.2, 0.25) is 0 Å². The molecule has 2 aromatic carbocycles. The molecule has 0 bridgehead atoms. The van der Waals surface area contributed by atoms with Crippen molar-refractivity contribution in [3.63, 3.8) is 0 Å². The Morgan fingerprint density at radius 3 is 1.45 bits per heavy atom. The first-order valence-electron chi connectivity index (χ1n) is 11.7. The average molecular weight is 575 g/mol. The monoisotopic (exact) mass is 574 g/mol. The van der Waals surface area contributed by atoms with Gasteiger partial charge in [0.25, 0.3) is 11.8 Å². The summed E-state index contributed by atoms with van der Waals surface area (Å²) >= 11 is 2.97. The quantitative estimate of drug-likeness (QED) is 0.189. The third-order valence-corrected chi connectivity index (χ3v) is 10.4. The van der Waals surface area contributed by atoms with Crippen molar-refractivity contribution in [1.82, 2.24) is 9.13 Å². The van der Waals surface area contributed by atoms with E-state index >= 15 is 0 Å². The van der Waals surface area contributed by atoms with Crippen LogP contribution >= 0.6 is 44.3 Å². The molecule has 10 heteroatoms. The highest BCUT2D eigenvalue weighted by Crippen LogP contribution is 2.46. The smallest absolute Gasteiger partial charge is 0.259 e. The summed E-state index contributed by atoms with van der Waals surface area (Å²) in [6, 6.07) is 23.4. The number of nitrogens with zero attached hydrogens (tertiary/aromatic N) is 2. The van der Waals surface area contributed by atoms with E-state index in [1.807, 2.05) is 107 Å². The van der Waals surface area contributed by atoms with Crippen LogP contribution in [0.25, 0.3) is 21.8 Å². The van der Waals surface area contributed by atoms with Crippen LogP contribution in [0.5, 0.6) is 0 Å². The van der Waals surface area contributed by atoms with Gasteiger partial charge in [-0.05, 0) is 68.7 Å². The molecule has 0 spiro atoms. The number of amides is 2. The summed E-state index contributed by atoms with van der Waals surface area (Å²) in [5, 5.41) is 15.0. The summed E-state index contributed by atoms with van der Waals surface area (Å²) in [6.45, 7) is 0. The minimum Gasteiger partial charge on any atom is -0.337 e. The van der Waals surface area contributed by atoms with Crippen LogP contribution in [0.4, 0.5) is 10.0 Å². The molecule has 4 aromatic heterocycles. The summed E-state index contributed by atoms with van der Waals surface area (Å²) in [5.41, 5.74) is 3.19. The summed E-state index contributed by atoms with van der Waals surface area (Å²) in [4.78, 5) is 27.0. The van der Waals surface area contributed by atoms with Crippen molar-refractivity contribution in [2.75, 3.05) is 10.6 Å². The molecule has 0 aliphatic rings. The lowest BCUT2D eigenvalue weighted by Gasteiger charge is -2.10. The Bertz CT molecular complexity index is 1650. The number of anilines is 2. The maximum atomic E-state index is 13.5. The van der Waals surface area contributed by atoms with E-state index in [1.54, 1.807) is 0 Å². The van der Waals surface area contributed by atoms with E-state index in [0.29, 0.717) is 11.1 Å². The van der Waals surface area contributed by atoms with Crippen molar-refractivity contribution >= 4 is 87.9 Å². The molecule has 0 aliphatic heterocycles. The Balaban J connectivity index is 1.41. The molecular weight excluding hydrogens is 553 g/mol. The first-order chi connectivity index (χ1) is 18.5. The number of thiophene rings is 2. The van der Waals surface area contributed by atoms with Gasteiger partial charge in [0.1, 0.15) is 0 Å². The maximum Gasteiger partial charge on any atom is 0.259 e. The first-order valence-corrected chi connectivity index (χ1v) is 15.6. The van der Waals surface area contributed by atoms with Crippen molar-refractivity contribution in [3.8, 4) is 0 Å². The maximum absolute atomic E-state index is 13.5. The zero-order chi connectivity index (χ0) is 26.2. The number of aryl methyl sites for hydroxylation is 2. The Labute approximate surface area is 235 Å². The van der Waals surface area contributed by atoms with E-state index in [1.165, 1.54) is 44.3 Å². The number of fused-ring (bicyclic) bond motifs is 2. The lowest BCUT2D eigenvalue weighted by atomic mass is 10.1. The summed E-state index contributed by atoms with van der Waals surface area (Å²) < 4.78 is 4.09. The molecule has 0 fully saturated rings. The standard InChI is InChI=1S/C28H22N4O2S4/c1-31-19-11-5-3-9-17(19)23(25(33)29-21-13-7-15-35-21)27(31)37-38-28-24(26(34)30-22-14-8-16-36-22)18-10-4-6-12-20(18)32(28)2/h3-16H,1-2H3,(H,29,33)(H,30,34). The second kappa shape index (κ2) is 10.4. The van der Waals surface area contributed by atoms with Gasteiger partial charge < -0.3 is 19.8 Å². The fourth-order valence-corrected chi connectivity index (χ4v) is 8.52. The average Bonchev–Trinajstić information content (AvgIpc) is 3.72. The van der Waals surface area contributed by atoms with E-state index in [9.17, 15) is 9.59 Å². The summed E-state index contributed by atoms with van der Waals surface area (Å²) in [5.74, 6) is -0.305. The predicted molar refractivity (Wildman–Crippen MR) is 162 cm³/mol. The zero-order valence-corrected chi connectivity index (χ0v) is 23.7. The predicted octanol–water partition coefficient (Wildman–Crippen LogP) is 8.10. The van der Waals surface area contributed by atoms with Gasteiger partial charge in [0.15, 0.2) is 0 Å². The number of carbonyl (C=O) groups excluding carboxylic acids is 2. The van der Waals surface area contributed by atoms with E-state index in [-0.39, 0.29) is 11.8 Å². The molecule has 38 heavy (non-hydrogen) atoms. The van der Waals surface area contributed by atoms with Crippen LogP contribution in [0.3, 0.4) is 0 Å². The van der Waals surface area contributed by atoms with Gasteiger partial charge >= 0.3 is 0 Å². The molecule has 0 atom stereocenters. The second-order valence-corrected chi connectivity index (χ2v) is 12.5. The number of benzene rings is 2. The van der Waals surface area contributed by atoms with E-state index in [0.717, 1.165) is 41.9 Å². The van der Waals surface area contributed by atoms with Gasteiger partial charge in [-0.1, -0.05) is 36.4 Å². The third-order valence-electron chi connectivity index (χ3n) is 6.28. The fourth-order valence-electron chi connectivity index (χ4n) is 4.50. The van der Waals surface area contributed by atoms with Crippen molar-refractivity contribution < 1.29 is 9.59 Å². The van der Waals surface area contributed by atoms with Crippen molar-refractivity contribution in [2.24, 2.45) is 14.1 Å². The van der Waals surface area contributed by atoms with Gasteiger partial charge in [-0.15, -0.1) is 22.7 Å². The van der Waals surface area contributed by atoms with Crippen LogP contribution in [-0.4, -0.2) is 20.9 Å². The molecule has 0 saturated heterocycles. The minimum absolute atomic E-state index is 0.153. The molecule has 2 N–H and O–H groups in total. The lowest BCUT2D eigenvalue weighted by molar-refractivity contribution is 0.101. The van der Waals surface area contributed by atoms with Gasteiger partial charge in [0.05, 0.1) is 31.2 Å². The van der Waals surface area contributed by atoms with Crippen LogP contribution in [0.1, 0.15) is 20.7 Å². The largest absolute Gasteiger partial charge is 0.337 e. The molecule has 4 heterocycles. The number of para-hydroxylation sites is 2. The third kappa shape index (κ3) is 4.43. The van der Waals surface area contributed by atoms with E-state index in [2.05, 4.69) is 10.6 Å². The summed E-state index contributed by atoms with van der Waals surface area (Å²) in [7, 11) is 6.92. The first kappa shape index (κ1) is 24.9. The molecule has 6 nitrogen and oxygen atoms in total. The van der Waals surface area contributed by atoms with E-state index < -0.39 is 0 Å². The molecule has 0 aliphatic carbocycles. The van der Waals surface area contributed by atoms with Gasteiger partial charge in [-0.3, -0.25) is 9.59 Å². The molecule has 6 aromatic rings. The molecule has 0 saturated carbocycles. The molecule has 0 radical (unpaired) electrons. The molecule has 190 valence electrons. The second-order valence-electron chi connectivity index (χ2n) is 8.54. The Kier molecular flexibility index (Phi) is 6.79. The lowest BCUT2D eigenvalue weighted by Crippen LogP contribution is -2.12. The number of rotatable bonds is 7. The summed E-state index contributed by atoms with van der Waals surface area (Å²) in [6.07, 6.45) is 0. The number of aromatic nitrogens is 2. The van der Waals surface area contributed by atoms with Crippen molar-refractivity contribution in [2.45, 2.75) is 10.1 Å². The Morgan fingerprint density at radius 1 is 0.632 bits per heavy atom. The topological polar surface area (TPSA) is 68.1 Å². The van der Waals surface area contributed by atoms with E-state index in [4.69, 9.17) is 0 Å². The van der Waals surface area contributed by atoms with Crippen molar-refractivity contribution in [3.05, 3.63) is 94.7 Å². The van der Waals surface area contributed by atoms with Gasteiger partial charge in [0, 0.05) is 35.9 Å². The van der Waals surface area contributed by atoms with Crippen LogP contribution < -0.4 is 10.6 Å². The number of carbonyl (C=O) groups is 2.